The number of methoxy groups -OCH3 is 1. The van der Waals surface area contributed by atoms with E-state index in [4.69, 9.17) is 10.5 Å². The molecule has 0 aromatic heterocycles. The molecule has 1 rings (SSSR count). The van der Waals surface area contributed by atoms with Crippen molar-refractivity contribution in [3.8, 4) is 5.75 Å². The van der Waals surface area contributed by atoms with Crippen molar-refractivity contribution >= 4 is 5.97 Å². The third-order valence-electron chi connectivity index (χ3n) is 2.33. The van der Waals surface area contributed by atoms with Crippen molar-refractivity contribution < 1.29 is 14.3 Å². The summed E-state index contributed by atoms with van der Waals surface area (Å²) in [6.45, 7) is 3.62. The molecular weight excluding hydrogens is 218 g/mol. The number of nitrogens with two attached hydrogens (primary N) is 1. The van der Waals surface area contributed by atoms with E-state index in [2.05, 4.69) is 4.74 Å². The van der Waals surface area contributed by atoms with Crippen LogP contribution in [0.5, 0.6) is 5.75 Å². The first-order valence-corrected chi connectivity index (χ1v) is 5.62. The molecule has 0 fully saturated rings. The van der Waals surface area contributed by atoms with Crippen molar-refractivity contribution in [3.63, 3.8) is 0 Å². The second-order valence-corrected chi connectivity index (χ2v) is 4.11. The Kier molecular flexibility index (Phi) is 4.97. The molecule has 0 saturated carbocycles. The largest absolute Gasteiger partial charge is 0.479 e. The summed E-state index contributed by atoms with van der Waals surface area (Å²) in [6.07, 6.45) is 0.228. The lowest BCUT2D eigenvalue weighted by Crippen LogP contribution is -2.24. The third kappa shape index (κ3) is 4.44. The van der Waals surface area contributed by atoms with Gasteiger partial charge in [0.25, 0.3) is 0 Å². The van der Waals surface area contributed by atoms with Gasteiger partial charge in [-0.15, -0.1) is 0 Å². The van der Waals surface area contributed by atoms with Gasteiger partial charge in [-0.3, -0.25) is 0 Å². The van der Waals surface area contributed by atoms with Crippen molar-refractivity contribution in [2.45, 2.75) is 32.4 Å². The van der Waals surface area contributed by atoms with Crippen LogP contribution in [0.1, 0.15) is 19.4 Å². The summed E-state index contributed by atoms with van der Waals surface area (Å²) in [6, 6.07) is 7.69. The highest BCUT2D eigenvalue weighted by Crippen LogP contribution is 2.15. The Bertz CT molecular complexity index is 359. The molecule has 17 heavy (non-hydrogen) atoms. The molecule has 2 N–H and O–H groups in total. The zero-order valence-corrected chi connectivity index (χ0v) is 10.5. The van der Waals surface area contributed by atoms with E-state index in [1.165, 1.54) is 7.11 Å². The maximum absolute atomic E-state index is 11.2. The molecule has 0 saturated heterocycles. The van der Waals surface area contributed by atoms with Crippen LogP contribution in [0.2, 0.25) is 0 Å². The highest BCUT2D eigenvalue weighted by atomic mass is 16.6. The van der Waals surface area contributed by atoms with Crippen molar-refractivity contribution in [3.05, 3.63) is 29.8 Å². The molecule has 4 heteroatoms. The Labute approximate surface area is 102 Å². The van der Waals surface area contributed by atoms with Gasteiger partial charge in [0.2, 0.25) is 0 Å². The molecule has 0 amide bonds. The van der Waals surface area contributed by atoms with Gasteiger partial charge < -0.3 is 15.2 Å². The number of hydrogen-bond donors (Lipinski definition) is 1. The van der Waals surface area contributed by atoms with Crippen LogP contribution in [0.3, 0.4) is 0 Å². The normalized spacial score (nSPS) is 13.9. The van der Waals surface area contributed by atoms with Gasteiger partial charge in [0, 0.05) is 6.04 Å². The van der Waals surface area contributed by atoms with Gasteiger partial charge in [-0.2, -0.15) is 0 Å². The third-order valence-corrected chi connectivity index (χ3v) is 2.33. The van der Waals surface area contributed by atoms with Crippen molar-refractivity contribution in [1.82, 2.24) is 0 Å². The van der Waals surface area contributed by atoms with Gasteiger partial charge >= 0.3 is 5.97 Å². The topological polar surface area (TPSA) is 61.5 Å². The highest BCUT2D eigenvalue weighted by Gasteiger charge is 2.14. The summed E-state index contributed by atoms with van der Waals surface area (Å²) >= 11 is 0. The minimum atomic E-state index is -0.598. The summed E-state index contributed by atoms with van der Waals surface area (Å²) in [7, 11) is 1.34. The average Bonchev–Trinajstić information content (AvgIpc) is 2.30. The molecule has 0 aliphatic rings. The van der Waals surface area contributed by atoms with E-state index >= 15 is 0 Å². The van der Waals surface area contributed by atoms with Crippen LogP contribution in [0.25, 0.3) is 0 Å². The first-order valence-electron chi connectivity index (χ1n) is 5.62. The van der Waals surface area contributed by atoms with Crippen LogP contribution < -0.4 is 10.5 Å². The number of rotatable bonds is 5. The Hall–Kier alpha value is -1.55. The first-order chi connectivity index (χ1) is 8.02. The predicted molar refractivity (Wildman–Crippen MR) is 65.9 cm³/mol. The molecular formula is C13H19NO3. The van der Waals surface area contributed by atoms with E-state index in [9.17, 15) is 4.79 Å². The van der Waals surface area contributed by atoms with Crippen molar-refractivity contribution in [2.75, 3.05) is 7.11 Å². The number of carbonyl (C=O) groups excluding carboxylic acids is 1. The molecule has 2 unspecified atom stereocenters. The Morgan fingerprint density at radius 2 is 1.88 bits per heavy atom. The summed E-state index contributed by atoms with van der Waals surface area (Å²) < 4.78 is 10.0. The lowest BCUT2D eigenvalue weighted by molar-refractivity contribution is -0.147. The lowest BCUT2D eigenvalue weighted by atomic mass is 10.1. The zero-order chi connectivity index (χ0) is 12.8. The van der Waals surface area contributed by atoms with Crippen molar-refractivity contribution in [2.24, 2.45) is 5.73 Å². The number of esters is 1. The highest BCUT2D eigenvalue weighted by molar-refractivity contribution is 5.74. The number of ether oxygens (including phenoxy) is 2. The molecule has 1 aromatic carbocycles. The Morgan fingerprint density at radius 3 is 2.35 bits per heavy atom. The maximum Gasteiger partial charge on any atom is 0.346 e. The van der Waals surface area contributed by atoms with Crippen LogP contribution in [-0.2, 0) is 16.0 Å². The zero-order valence-electron chi connectivity index (χ0n) is 10.5. The van der Waals surface area contributed by atoms with Gasteiger partial charge in [-0.05, 0) is 38.0 Å². The summed E-state index contributed by atoms with van der Waals surface area (Å²) in [4.78, 5) is 11.2. The fourth-order valence-corrected chi connectivity index (χ4v) is 1.49. The molecule has 0 bridgehead atoms. The number of hydrogen-bond acceptors (Lipinski definition) is 4. The van der Waals surface area contributed by atoms with E-state index < -0.39 is 6.10 Å². The minimum Gasteiger partial charge on any atom is -0.479 e. The number of benzene rings is 1. The average molecular weight is 237 g/mol. The number of carbonyl (C=O) groups is 1. The fourth-order valence-electron chi connectivity index (χ4n) is 1.49. The van der Waals surface area contributed by atoms with Crippen LogP contribution >= 0.6 is 0 Å². The van der Waals surface area contributed by atoms with E-state index in [0.29, 0.717) is 5.75 Å². The van der Waals surface area contributed by atoms with E-state index in [0.717, 1.165) is 12.0 Å². The molecule has 2 atom stereocenters. The standard InChI is InChI=1S/C13H19NO3/c1-9(14)8-11-4-6-12(7-5-11)17-10(2)13(15)16-3/h4-7,9-10H,8,14H2,1-3H3. The molecule has 0 spiro atoms. The summed E-state index contributed by atoms with van der Waals surface area (Å²) in [5, 5.41) is 0. The van der Waals surface area contributed by atoms with Gasteiger partial charge in [0.05, 0.1) is 7.11 Å². The van der Waals surface area contributed by atoms with Gasteiger partial charge in [-0.25, -0.2) is 4.79 Å². The van der Waals surface area contributed by atoms with Crippen LogP contribution in [0, 0.1) is 0 Å². The van der Waals surface area contributed by atoms with Gasteiger partial charge in [-0.1, -0.05) is 12.1 Å². The van der Waals surface area contributed by atoms with Crippen LogP contribution in [0.4, 0.5) is 0 Å². The van der Waals surface area contributed by atoms with E-state index in [-0.39, 0.29) is 12.0 Å². The molecule has 4 nitrogen and oxygen atoms in total. The SMILES string of the molecule is COC(=O)C(C)Oc1ccc(CC(C)N)cc1. The second kappa shape index (κ2) is 6.25. The monoisotopic (exact) mass is 237 g/mol. The summed E-state index contributed by atoms with van der Waals surface area (Å²) in [5.41, 5.74) is 6.86. The van der Waals surface area contributed by atoms with Gasteiger partial charge in [0.1, 0.15) is 5.75 Å². The molecule has 1 aromatic rings. The summed E-state index contributed by atoms with van der Waals surface area (Å²) in [5.74, 6) is 0.265. The maximum atomic E-state index is 11.2. The van der Waals surface area contributed by atoms with Crippen molar-refractivity contribution in [1.29, 1.82) is 0 Å². The second-order valence-electron chi connectivity index (χ2n) is 4.11. The molecule has 0 heterocycles. The van der Waals surface area contributed by atoms with Gasteiger partial charge in [0.15, 0.2) is 6.10 Å². The molecule has 0 aliphatic heterocycles. The minimum absolute atomic E-state index is 0.135. The molecule has 94 valence electrons. The molecule has 0 radical (unpaired) electrons. The Balaban J connectivity index is 2.59. The van der Waals surface area contributed by atoms with E-state index in [1.807, 2.05) is 31.2 Å². The first kappa shape index (κ1) is 13.5. The van der Waals surface area contributed by atoms with Crippen LogP contribution in [-0.4, -0.2) is 25.2 Å². The quantitative estimate of drug-likeness (QED) is 0.789. The molecule has 0 aliphatic carbocycles. The van der Waals surface area contributed by atoms with E-state index in [1.54, 1.807) is 6.92 Å². The fraction of sp³-hybridized carbons (Fsp3) is 0.462. The smallest absolute Gasteiger partial charge is 0.346 e. The van der Waals surface area contributed by atoms with Crippen LogP contribution in [0.15, 0.2) is 24.3 Å². The lowest BCUT2D eigenvalue weighted by Gasteiger charge is -2.13. The Morgan fingerprint density at radius 1 is 1.29 bits per heavy atom. The predicted octanol–water partition coefficient (Wildman–Crippen LogP) is 1.52.